The number of rotatable bonds is 3. The average Bonchev–Trinajstić information content (AvgIpc) is 2.88. The molecule has 0 radical (unpaired) electrons. The molecule has 0 aliphatic carbocycles. The third-order valence-corrected chi connectivity index (χ3v) is 4.84. The lowest BCUT2D eigenvalue weighted by atomic mass is 10.1. The van der Waals surface area contributed by atoms with Gasteiger partial charge in [-0.15, -0.1) is 0 Å². The molecule has 1 amide bonds. The fourth-order valence-corrected chi connectivity index (χ4v) is 3.63. The van der Waals surface area contributed by atoms with Gasteiger partial charge in [0.15, 0.2) is 0 Å². The average molecular weight is 302 g/mol. The molecule has 3 rings (SSSR count). The number of carbonyl (C=O) groups excluding carboxylic acids is 1. The topological polar surface area (TPSA) is 47.6 Å². The maximum atomic E-state index is 12.6. The van der Waals surface area contributed by atoms with Crippen LogP contribution in [0.15, 0.2) is 18.2 Å². The second kappa shape index (κ2) is 6.26. The van der Waals surface area contributed by atoms with Gasteiger partial charge in [0.1, 0.15) is 0 Å². The number of hydrogen-bond acceptors (Lipinski definition) is 4. The van der Waals surface area contributed by atoms with Crippen molar-refractivity contribution in [2.45, 2.75) is 25.4 Å². The van der Waals surface area contributed by atoms with Crippen molar-refractivity contribution < 1.29 is 4.79 Å². The van der Waals surface area contributed by atoms with Gasteiger partial charge >= 0.3 is 0 Å². The summed E-state index contributed by atoms with van der Waals surface area (Å²) in [4.78, 5) is 17.5. The van der Waals surface area contributed by atoms with Crippen LogP contribution in [0.25, 0.3) is 0 Å². The number of nitrogens with one attached hydrogen (secondary N) is 2. The van der Waals surface area contributed by atoms with E-state index in [1.54, 1.807) is 0 Å². The van der Waals surface area contributed by atoms with Crippen molar-refractivity contribution in [1.29, 1.82) is 0 Å². The number of nitrogens with zero attached hydrogens (tertiary/aromatic N) is 2. The van der Waals surface area contributed by atoms with E-state index in [-0.39, 0.29) is 11.9 Å². The van der Waals surface area contributed by atoms with Crippen molar-refractivity contribution in [1.82, 2.24) is 15.1 Å². The minimum atomic E-state index is 0.0336. The quantitative estimate of drug-likeness (QED) is 0.879. The molecule has 5 heteroatoms. The first kappa shape index (κ1) is 15.3. The van der Waals surface area contributed by atoms with Gasteiger partial charge in [-0.05, 0) is 32.5 Å². The second-order valence-electron chi connectivity index (χ2n) is 6.62. The third kappa shape index (κ3) is 3.10. The highest BCUT2D eigenvalue weighted by Crippen LogP contribution is 2.23. The second-order valence-corrected chi connectivity index (χ2v) is 6.62. The summed E-state index contributed by atoms with van der Waals surface area (Å²) in [5, 5.41) is 6.34. The van der Waals surface area contributed by atoms with E-state index in [1.807, 2.05) is 32.2 Å². The lowest BCUT2D eigenvalue weighted by molar-refractivity contribution is 0.0937. The molecule has 0 bridgehead atoms. The van der Waals surface area contributed by atoms with Gasteiger partial charge in [-0.3, -0.25) is 9.69 Å². The van der Waals surface area contributed by atoms with Crippen molar-refractivity contribution in [2.75, 3.05) is 45.6 Å². The van der Waals surface area contributed by atoms with Crippen LogP contribution >= 0.6 is 0 Å². The zero-order valence-corrected chi connectivity index (χ0v) is 13.7. The minimum Gasteiger partial charge on any atom is -0.387 e. The standard InChI is InChI=1S/C17H26N4O/c1-12-4-5-16(18-2)15(8-12)17(22)19-13-9-14-11-20(3)6-7-21(14)10-13/h4-5,8,13-14,18H,6-7,9-11H2,1-3H3,(H,19,22)/t13-,14-/m0/s1. The van der Waals surface area contributed by atoms with E-state index in [9.17, 15) is 4.79 Å². The largest absolute Gasteiger partial charge is 0.387 e. The lowest BCUT2D eigenvalue weighted by Gasteiger charge is -2.34. The van der Waals surface area contributed by atoms with Gasteiger partial charge in [-0.2, -0.15) is 0 Å². The molecule has 120 valence electrons. The number of hydrogen-bond donors (Lipinski definition) is 2. The van der Waals surface area contributed by atoms with E-state index < -0.39 is 0 Å². The van der Waals surface area contributed by atoms with Crippen molar-refractivity contribution in [2.24, 2.45) is 0 Å². The smallest absolute Gasteiger partial charge is 0.253 e. The molecule has 1 aromatic rings. The molecule has 0 saturated carbocycles. The van der Waals surface area contributed by atoms with Crippen LogP contribution in [0.4, 0.5) is 5.69 Å². The summed E-state index contributed by atoms with van der Waals surface area (Å²) in [5.41, 5.74) is 2.73. The van der Waals surface area contributed by atoms with E-state index in [2.05, 4.69) is 27.5 Å². The number of piperazine rings is 1. The Bertz CT molecular complexity index is 560. The summed E-state index contributed by atoms with van der Waals surface area (Å²) >= 11 is 0. The number of likely N-dealkylation sites (N-methyl/N-ethyl adjacent to an activating group) is 1. The summed E-state index contributed by atoms with van der Waals surface area (Å²) < 4.78 is 0. The highest BCUT2D eigenvalue weighted by Gasteiger charge is 2.35. The van der Waals surface area contributed by atoms with Gasteiger partial charge < -0.3 is 15.5 Å². The first-order valence-electron chi connectivity index (χ1n) is 8.08. The van der Waals surface area contributed by atoms with E-state index in [0.29, 0.717) is 6.04 Å². The highest BCUT2D eigenvalue weighted by molar-refractivity contribution is 6.00. The number of anilines is 1. The first-order chi connectivity index (χ1) is 10.6. The Kier molecular flexibility index (Phi) is 4.36. The molecule has 1 aromatic carbocycles. The van der Waals surface area contributed by atoms with Crippen molar-refractivity contribution in [3.05, 3.63) is 29.3 Å². The van der Waals surface area contributed by atoms with Crippen LogP contribution in [0.1, 0.15) is 22.3 Å². The highest BCUT2D eigenvalue weighted by atomic mass is 16.1. The monoisotopic (exact) mass is 302 g/mol. The Labute approximate surface area is 132 Å². The van der Waals surface area contributed by atoms with E-state index in [4.69, 9.17) is 0 Å². The van der Waals surface area contributed by atoms with E-state index >= 15 is 0 Å². The lowest BCUT2D eigenvalue weighted by Crippen LogP contribution is -2.48. The van der Waals surface area contributed by atoms with Crippen LogP contribution in [-0.2, 0) is 0 Å². The third-order valence-electron chi connectivity index (χ3n) is 4.84. The van der Waals surface area contributed by atoms with Gasteiger partial charge in [0.2, 0.25) is 0 Å². The molecule has 2 fully saturated rings. The summed E-state index contributed by atoms with van der Waals surface area (Å²) in [7, 11) is 4.03. The number of fused-ring (bicyclic) bond motifs is 1. The first-order valence-corrected chi connectivity index (χ1v) is 8.08. The number of amides is 1. The van der Waals surface area contributed by atoms with Gasteiger partial charge in [0, 0.05) is 51.0 Å². The maximum absolute atomic E-state index is 12.6. The van der Waals surface area contributed by atoms with Crippen molar-refractivity contribution in [3.63, 3.8) is 0 Å². The van der Waals surface area contributed by atoms with Gasteiger partial charge in [0.05, 0.1) is 5.56 Å². The molecular weight excluding hydrogens is 276 g/mol. The van der Waals surface area contributed by atoms with Crippen LogP contribution in [0.2, 0.25) is 0 Å². The SMILES string of the molecule is CNc1ccc(C)cc1C(=O)N[C@H]1C[C@H]2CN(C)CCN2C1. The summed E-state index contributed by atoms with van der Waals surface area (Å²) in [6, 6.07) is 6.79. The Morgan fingerprint density at radius 3 is 2.86 bits per heavy atom. The Morgan fingerprint density at radius 2 is 2.09 bits per heavy atom. The molecule has 0 unspecified atom stereocenters. The predicted octanol–water partition coefficient (Wildman–Crippen LogP) is 1.15. The minimum absolute atomic E-state index is 0.0336. The fourth-order valence-electron chi connectivity index (χ4n) is 3.63. The van der Waals surface area contributed by atoms with Crippen molar-refractivity contribution >= 4 is 11.6 Å². The summed E-state index contributed by atoms with van der Waals surface area (Å²) in [6.45, 7) is 6.34. The summed E-state index contributed by atoms with van der Waals surface area (Å²) in [5.74, 6) is 0.0336. The molecule has 2 saturated heterocycles. The zero-order chi connectivity index (χ0) is 15.7. The predicted molar refractivity (Wildman–Crippen MR) is 89.5 cm³/mol. The van der Waals surface area contributed by atoms with Gasteiger partial charge in [0.25, 0.3) is 5.91 Å². The van der Waals surface area contributed by atoms with E-state index in [1.165, 1.54) is 0 Å². The van der Waals surface area contributed by atoms with Crippen LogP contribution in [0.5, 0.6) is 0 Å². The number of benzene rings is 1. The summed E-state index contributed by atoms with van der Waals surface area (Å²) in [6.07, 6.45) is 1.05. The molecule has 0 spiro atoms. The molecule has 0 aromatic heterocycles. The molecule has 5 nitrogen and oxygen atoms in total. The number of carbonyl (C=O) groups is 1. The van der Waals surface area contributed by atoms with Gasteiger partial charge in [-0.25, -0.2) is 0 Å². The Morgan fingerprint density at radius 1 is 1.27 bits per heavy atom. The number of aryl methyl sites for hydroxylation is 1. The normalized spacial score (nSPS) is 25.8. The van der Waals surface area contributed by atoms with Crippen LogP contribution in [0, 0.1) is 6.92 Å². The van der Waals surface area contributed by atoms with Crippen molar-refractivity contribution in [3.8, 4) is 0 Å². The molecule has 2 aliphatic heterocycles. The molecule has 22 heavy (non-hydrogen) atoms. The molecule has 2 heterocycles. The zero-order valence-electron chi connectivity index (χ0n) is 13.7. The Hall–Kier alpha value is -1.59. The molecule has 2 atom stereocenters. The fraction of sp³-hybridized carbons (Fsp3) is 0.588. The maximum Gasteiger partial charge on any atom is 0.253 e. The molecule has 2 N–H and O–H groups in total. The van der Waals surface area contributed by atoms with Crippen LogP contribution in [0.3, 0.4) is 0 Å². The van der Waals surface area contributed by atoms with Crippen LogP contribution in [-0.4, -0.2) is 68.1 Å². The molecule has 2 aliphatic rings. The van der Waals surface area contributed by atoms with Gasteiger partial charge in [-0.1, -0.05) is 11.6 Å². The molecular formula is C17H26N4O. The van der Waals surface area contributed by atoms with E-state index in [0.717, 1.165) is 49.4 Å². The Balaban J connectivity index is 1.67. The van der Waals surface area contributed by atoms with Crippen LogP contribution < -0.4 is 10.6 Å².